The van der Waals surface area contributed by atoms with Crippen molar-refractivity contribution < 1.29 is 0 Å². The Labute approximate surface area is 169 Å². The monoisotopic (exact) mass is 389 g/mol. The second-order valence-electron chi connectivity index (χ2n) is 8.15. The lowest BCUT2D eigenvalue weighted by Gasteiger charge is -2.19. The number of hydrogen-bond donors (Lipinski definition) is 3. The first-order chi connectivity index (χ1) is 13.6. The Kier molecular flexibility index (Phi) is 5.33. The molecule has 0 saturated carbocycles. The maximum Gasteiger partial charge on any atom is 0.272 e. The summed E-state index contributed by atoms with van der Waals surface area (Å²) in [4.78, 5) is 32.9. The third-order valence-corrected chi connectivity index (χ3v) is 5.12. The summed E-state index contributed by atoms with van der Waals surface area (Å²) in [5.74, 6) is 0. The third kappa shape index (κ3) is 4.09. The van der Waals surface area contributed by atoms with Crippen LogP contribution >= 0.6 is 0 Å². The highest BCUT2D eigenvalue weighted by Gasteiger charge is 2.23. The lowest BCUT2D eigenvalue weighted by molar-refractivity contribution is 0.651. The Bertz CT molecular complexity index is 1340. The van der Waals surface area contributed by atoms with Gasteiger partial charge in [-0.1, -0.05) is 50.3 Å². The standard InChI is InChI=1S/C24H27N3O2/c1-7-24(5,6)21-18(13-20-23(29)25-15(4)22(28)27-20)17-11-10-16(9-8-14(2)3)12-19(17)26-21/h7-8,10-13,26H,1,4,9H2,2-3,5-6H3,(H,25,29)(H,27,28). The van der Waals surface area contributed by atoms with E-state index in [0.717, 1.165) is 28.6 Å². The summed E-state index contributed by atoms with van der Waals surface area (Å²) in [6.45, 7) is 15.8. The van der Waals surface area contributed by atoms with Gasteiger partial charge in [0.15, 0.2) is 0 Å². The van der Waals surface area contributed by atoms with Crippen LogP contribution in [0, 0.1) is 0 Å². The minimum absolute atomic E-state index is 0.0432. The van der Waals surface area contributed by atoms with Gasteiger partial charge in [0.1, 0.15) is 5.35 Å². The van der Waals surface area contributed by atoms with Crippen molar-refractivity contribution in [3.8, 4) is 0 Å². The van der Waals surface area contributed by atoms with Crippen LogP contribution in [-0.4, -0.2) is 15.0 Å². The van der Waals surface area contributed by atoms with Crippen LogP contribution in [0.15, 0.2) is 52.1 Å². The van der Waals surface area contributed by atoms with E-state index in [0.29, 0.717) is 0 Å². The van der Waals surface area contributed by atoms with Gasteiger partial charge in [-0.3, -0.25) is 9.59 Å². The molecule has 29 heavy (non-hydrogen) atoms. The number of aromatic nitrogens is 3. The van der Waals surface area contributed by atoms with Crippen molar-refractivity contribution in [2.45, 2.75) is 39.5 Å². The molecule has 0 atom stereocenters. The largest absolute Gasteiger partial charge is 0.357 e. The first-order valence-corrected chi connectivity index (χ1v) is 9.57. The summed E-state index contributed by atoms with van der Waals surface area (Å²) in [5.41, 5.74) is 4.09. The molecule has 5 heteroatoms. The number of benzene rings is 1. The third-order valence-electron chi connectivity index (χ3n) is 5.12. The average molecular weight is 389 g/mol. The van der Waals surface area contributed by atoms with Gasteiger partial charge in [-0.05, 0) is 38.0 Å². The van der Waals surface area contributed by atoms with Crippen molar-refractivity contribution in [3.05, 3.63) is 90.7 Å². The van der Waals surface area contributed by atoms with E-state index in [4.69, 9.17) is 0 Å². The van der Waals surface area contributed by atoms with Gasteiger partial charge in [0, 0.05) is 27.6 Å². The normalized spacial score (nSPS) is 12.3. The predicted octanol–water partition coefficient (Wildman–Crippen LogP) is 2.76. The summed E-state index contributed by atoms with van der Waals surface area (Å²) < 4.78 is 0. The van der Waals surface area contributed by atoms with E-state index in [2.05, 4.69) is 80.1 Å². The quantitative estimate of drug-likeness (QED) is 0.587. The van der Waals surface area contributed by atoms with Gasteiger partial charge in [-0.2, -0.15) is 0 Å². The van der Waals surface area contributed by atoms with E-state index in [-0.39, 0.29) is 21.7 Å². The molecule has 0 bridgehead atoms. The second-order valence-corrected chi connectivity index (χ2v) is 8.15. The van der Waals surface area contributed by atoms with Gasteiger partial charge in [0.05, 0.1) is 5.35 Å². The molecule has 2 heterocycles. The molecule has 5 nitrogen and oxygen atoms in total. The fraction of sp³-hybridized carbons (Fsp3) is 0.250. The minimum atomic E-state index is -0.413. The van der Waals surface area contributed by atoms with E-state index in [1.54, 1.807) is 6.08 Å². The SMILES string of the molecule is C=CC(C)(C)c1[nH]c2cc(CC=C(C)C)ccc2c1C=c1[nH]c(=O)c(=C)[nH]c1=O. The molecule has 0 amide bonds. The molecule has 0 unspecified atom stereocenters. The van der Waals surface area contributed by atoms with Crippen LogP contribution < -0.4 is 21.8 Å². The molecule has 0 radical (unpaired) electrons. The highest BCUT2D eigenvalue weighted by Crippen LogP contribution is 2.33. The maximum absolute atomic E-state index is 12.4. The van der Waals surface area contributed by atoms with Crippen LogP contribution in [0.4, 0.5) is 0 Å². The number of fused-ring (bicyclic) bond motifs is 1. The van der Waals surface area contributed by atoms with E-state index in [9.17, 15) is 9.59 Å². The molecule has 0 fully saturated rings. The first kappa shape index (κ1) is 20.4. The van der Waals surface area contributed by atoms with Crippen LogP contribution in [0.1, 0.15) is 44.5 Å². The Hall–Kier alpha value is -3.34. The van der Waals surface area contributed by atoms with E-state index >= 15 is 0 Å². The predicted molar refractivity (Wildman–Crippen MR) is 121 cm³/mol. The van der Waals surface area contributed by atoms with Crippen LogP contribution in [-0.2, 0) is 11.8 Å². The van der Waals surface area contributed by atoms with E-state index in [1.165, 1.54) is 11.1 Å². The van der Waals surface area contributed by atoms with Crippen LogP contribution in [0.3, 0.4) is 0 Å². The van der Waals surface area contributed by atoms with Crippen molar-refractivity contribution in [2.24, 2.45) is 0 Å². The van der Waals surface area contributed by atoms with Gasteiger partial charge >= 0.3 is 0 Å². The number of hydrogen-bond acceptors (Lipinski definition) is 2. The smallest absolute Gasteiger partial charge is 0.272 e. The van der Waals surface area contributed by atoms with Gasteiger partial charge in [0.25, 0.3) is 11.1 Å². The number of nitrogens with one attached hydrogen (secondary N) is 3. The molecule has 3 rings (SSSR count). The molecule has 0 aliphatic carbocycles. The molecule has 3 aromatic rings. The van der Waals surface area contributed by atoms with Gasteiger partial charge in [-0.25, -0.2) is 0 Å². The van der Waals surface area contributed by atoms with Crippen molar-refractivity contribution in [1.29, 1.82) is 0 Å². The Balaban J connectivity index is 2.32. The average Bonchev–Trinajstić information content (AvgIpc) is 3.03. The zero-order chi connectivity index (χ0) is 21.3. The summed E-state index contributed by atoms with van der Waals surface area (Å²) in [5, 5.41) is 1.22. The minimum Gasteiger partial charge on any atom is -0.357 e. The van der Waals surface area contributed by atoms with Crippen LogP contribution in [0.5, 0.6) is 0 Å². The Morgan fingerprint density at radius 3 is 2.48 bits per heavy atom. The molecule has 150 valence electrons. The molecule has 3 N–H and O–H groups in total. The number of H-pyrrole nitrogens is 3. The molecule has 0 saturated heterocycles. The molecular weight excluding hydrogens is 362 g/mol. The van der Waals surface area contributed by atoms with Crippen molar-refractivity contribution in [3.63, 3.8) is 0 Å². The fourth-order valence-electron chi connectivity index (χ4n) is 3.24. The fourth-order valence-corrected chi connectivity index (χ4v) is 3.24. The molecule has 1 aromatic carbocycles. The van der Waals surface area contributed by atoms with Gasteiger partial charge in [-0.15, -0.1) is 6.58 Å². The van der Waals surface area contributed by atoms with E-state index < -0.39 is 5.56 Å². The van der Waals surface area contributed by atoms with Crippen molar-refractivity contribution in [2.75, 3.05) is 0 Å². The van der Waals surface area contributed by atoms with Crippen LogP contribution in [0.2, 0.25) is 0 Å². The van der Waals surface area contributed by atoms with E-state index in [1.807, 2.05) is 6.08 Å². The second kappa shape index (κ2) is 7.59. The zero-order valence-electron chi connectivity index (χ0n) is 17.4. The maximum atomic E-state index is 12.4. The number of rotatable bonds is 5. The van der Waals surface area contributed by atoms with Crippen molar-refractivity contribution in [1.82, 2.24) is 15.0 Å². The van der Waals surface area contributed by atoms with Gasteiger partial charge in [0.2, 0.25) is 0 Å². The Morgan fingerprint density at radius 1 is 1.10 bits per heavy atom. The number of allylic oxidation sites excluding steroid dienone is 3. The lowest BCUT2D eigenvalue weighted by atomic mass is 9.86. The molecule has 2 aromatic heterocycles. The zero-order valence-corrected chi connectivity index (χ0v) is 17.4. The highest BCUT2D eigenvalue weighted by atomic mass is 16.1. The summed E-state index contributed by atoms with van der Waals surface area (Å²) in [7, 11) is 0. The summed E-state index contributed by atoms with van der Waals surface area (Å²) >= 11 is 0. The first-order valence-electron chi connectivity index (χ1n) is 9.57. The Morgan fingerprint density at radius 2 is 1.83 bits per heavy atom. The number of aromatic amines is 3. The summed E-state index contributed by atoms with van der Waals surface area (Å²) in [6.07, 6.45) is 6.63. The van der Waals surface area contributed by atoms with Crippen LogP contribution in [0.25, 0.3) is 23.6 Å². The molecule has 0 aliphatic rings. The molecular formula is C24H27N3O2. The highest BCUT2D eigenvalue weighted by molar-refractivity contribution is 5.91. The molecule has 0 aliphatic heterocycles. The topological polar surface area (TPSA) is 81.5 Å². The lowest BCUT2D eigenvalue weighted by Crippen LogP contribution is -2.46. The van der Waals surface area contributed by atoms with Crippen molar-refractivity contribution >= 4 is 23.6 Å². The summed E-state index contributed by atoms with van der Waals surface area (Å²) in [6, 6.07) is 6.26. The van der Waals surface area contributed by atoms with Gasteiger partial charge < -0.3 is 15.0 Å². The molecule has 0 spiro atoms.